The molecular weight excluding hydrogens is 440 g/mol. The molecule has 0 aliphatic rings. The minimum absolute atomic E-state index is 0.133. The Hall–Kier alpha value is -3.56. The highest BCUT2D eigenvalue weighted by Gasteiger charge is 2.20. The van der Waals surface area contributed by atoms with E-state index in [2.05, 4.69) is 25.4 Å². The Morgan fingerprint density at radius 1 is 1.06 bits per heavy atom. The summed E-state index contributed by atoms with van der Waals surface area (Å²) in [5, 5.41) is 11.0. The number of anilines is 1. The van der Waals surface area contributed by atoms with Gasteiger partial charge < -0.3 is 5.32 Å². The number of hydrogen-bond donors (Lipinski definition) is 1. The molecule has 0 radical (unpaired) electrons. The number of para-hydroxylation sites is 1. The molecule has 1 atom stereocenters. The van der Waals surface area contributed by atoms with Gasteiger partial charge in [-0.3, -0.25) is 4.79 Å². The predicted molar refractivity (Wildman–Crippen MR) is 128 cm³/mol. The number of hydrogen-bond acceptors (Lipinski definition) is 7. The number of aromatic nitrogens is 5. The van der Waals surface area contributed by atoms with Gasteiger partial charge in [-0.15, -0.1) is 11.3 Å². The van der Waals surface area contributed by atoms with Gasteiger partial charge in [0.25, 0.3) is 0 Å². The van der Waals surface area contributed by atoms with Crippen molar-refractivity contribution in [1.82, 2.24) is 24.7 Å². The lowest BCUT2D eigenvalue weighted by molar-refractivity contribution is -0.115. The fourth-order valence-corrected chi connectivity index (χ4v) is 4.78. The Balaban J connectivity index is 1.32. The van der Waals surface area contributed by atoms with Crippen molar-refractivity contribution < 1.29 is 4.79 Å². The third-order valence-corrected chi connectivity index (χ3v) is 6.67. The van der Waals surface area contributed by atoms with Gasteiger partial charge in [0, 0.05) is 10.9 Å². The predicted octanol–water partition coefficient (Wildman–Crippen LogP) is 5.06. The molecule has 3 aromatic heterocycles. The maximum atomic E-state index is 12.8. The highest BCUT2D eigenvalue weighted by atomic mass is 32.2. The number of fused-ring (bicyclic) bond motifs is 1. The van der Waals surface area contributed by atoms with Crippen LogP contribution in [0.3, 0.4) is 0 Å². The van der Waals surface area contributed by atoms with Crippen LogP contribution in [0.4, 0.5) is 5.13 Å². The van der Waals surface area contributed by atoms with Gasteiger partial charge in [0.1, 0.15) is 11.4 Å². The lowest BCUT2D eigenvalue weighted by Gasteiger charge is -2.10. The summed E-state index contributed by atoms with van der Waals surface area (Å²) in [6.45, 7) is 1.85. The smallest absolute Gasteiger partial charge is 0.239 e. The fourth-order valence-electron chi connectivity index (χ4n) is 3.18. The van der Waals surface area contributed by atoms with E-state index in [0.717, 1.165) is 22.3 Å². The lowest BCUT2D eigenvalue weighted by Crippen LogP contribution is -2.22. The first kappa shape index (κ1) is 20.3. The number of amides is 1. The second-order valence-electron chi connectivity index (χ2n) is 6.96. The number of rotatable bonds is 6. The number of thiazole rings is 1. The van der Waals surface area contributed by atoms with E-state index in [1.54, 1.807) is 10.9 Å². The Labute approximate surface area is 192 Å². The largest absolute Gasteiger partial charge is 0.301 e. The molecule has 9 heteroatoms. The molecule has 5 aromatic rings. The molecule has 5 rings (SSSR count). The summed E-state index contributed by atoms with van der Waals surface area (Å²) >= 11 is 2.78. The minimum atomic E-state index is -0.378. The van der Waals surface area contributed by atoms with E-state index in [9.17, 15) is 4.79 Å². The molecule has 0 spiro atoms. The molecule has 1 amide bonds. The Kier molecular flexibility index (Phi) is 5.66. The van der Waals surface area contributed by atoms with Crippen LogP contribution in [-0.2, 0) is 4.79 Å². The molecule has 0 aliphatic carbocycles. The average molecular weight is 459 g/mol. The number of carbonyl (C=O) groups excluding carboxylic acids is 1. The van der Waals surface area contributed by atoms with Crippen LogP contribution in [0.15, 0.2) is 83.6 Å². The summed E-state index contributed by atoms with van der Waals surface area (Å²) in [7, 11) is 0. The first-order chi connectivity index (χ1) is 15.7. The van der Waals surface area contributed by atoms with Crippen molar-refractivity contribution in [3.63, 3.8) is 0 Å². The van der Waals surface area contributed by atoms with Gasteiger partial charge in [-0.1, -0.05) is 60.3 Å². The molecule has 0 saturated carbocycles. The van der Waals surface area contributed by atoms with Gasteiger partial charge in [0.15, 0.2) is 10.8 Å². The van der Waals surface area contributed by atoms with E-state index < -0.39 is 0 Å². The molecule has 32 heavy (non-hydrogen) atoms. The van der Waals surface area contributed by atoms with Gasteiger partial charge in [0.2, 0.25) is 5.91 Å². The van der Waals surface area contributed by atoms with E-state index in [1.807, 2.05) is 73.0 Å². The zero-order chi connectivity index (χ0) is 21.9. The number of carbonyl (C=O) groups is 1. The van der Waals surface area contributed by atoms with Crippen LogP contribution in [0.25, 0.3) is 28.0 Å². The van der Waals surface area contributed by atoms with Crippen molar-refractivity contribution in [1.29, 1.82) is 0 Å². The van der Waals surface area contributed by atoms with Crippen molar-refractivity contribution in [2.24, 2.45) is 0 Å². The van der Waals surface area contributed by atoms with Crippen LogP contribution in [0.5, 0.6) is 0 Å². The Bertz CT molecular complexity index is 1370. The zero-order valence-corrected chi connectivity index (χ0v) is 18.7. The second kappa shape index (κ2) is 8.89. The molecular formula is C23H18N6OS2. The van der Waals surface area contributed by atoms with Crippen molar-refractivity contribution >= 4 is 45.2 Å². The first-order valence-electron chi connectivity index (χ1n) is 9.91. The quantitative estimate of drug-likeness (QED) is 0.283. The van der Waals surface area contributed by atoms with E-state index in [1.165, 1.54) is 29.4 Å². The lowest BCUT2D eigenvalue weighted by atomic mass is 10.2. The van der Waals surface area contributed by atoms with Crippen molar-refractivity contribution in [2.45, 2.75) is 17.2 Å². The van der Waals surface area contributed by atoms with Gasteiger partial charge >= 0.3 is 0 Å². The highest BCUT2D eigenvalue weighted by Crippen LogP contribution is 2.30. The molecule has 0 aliphatic heterocycles. The summed E-state index contributed by atoms with van der Waals surface area (Å²) in [5.41, 5.74) is 3.48. The normalized spacial score (nSPS) is 12.0. The van der Waals surface area contributed by atoms with E-state index in [4.69, 9.17) is 0 Å². The number of benzene rings is 2. The van der Waals surface area contributed by atoms with Crippen LogP contribution in [-0.4, -0.2) is 35.9 Å². The summed E-state index contributed by atoms with van der Waals surface area (Å²) in [6, 6.07) is 19.7. The van der Waals surface area contributed by atoms with Gasteiger partial charge in [-0.05, 0) is 19.1 Å². The van der Waals surface area contributed by atoms with E-state index >= 15 is 0 Å². The number of nitrogens with one attached hydrogen (secondary N) is 1. The summed E-state index contributed by atoms with van der Waals surface area (Å²) in [5.74, 6) is -0.133. The van der Waals surface area contributed by atoms with Crippen molar-refractivity contribution in [3.05, 3.63) is 78.6 Å². The third kappa shape index (κ3) is 4.12. The maximum Gasteiger partial charge on any atom is 0.239 e. The molecule has 0 bridgehead atoms. The molecule has 158 valence electrons. The summed E-state index contributed by atoms with van der Waals surface area (Å²) < 4.78 is 1.77. The highest BCUT2D eigenvalue weighted by molar-refractivity contribution is 8.00. The van der Waals surface area contributed by atoms with E-state index in [-0.39, 0.29) is 11.2 Å². The molecule has 1 N–H and O–H groups in total. The van der Waals surface area contributed by atoms with Crippen LogP contribution < -0.4 is 5.32 Å². The molecule has 0 saturated heterocycles. The van der Waals surface area contributed by atoms with E-state index in [0.29, 0.717) is 15.8 Å². The summed E-state index contributed by atoms with van der Waals surface area (Å²) in [4.78, 5) is 26.1. The standard InChI is InChI=1S/C23H18N6OS2/c1-15(21(30)28-23-27-19(13-31-23)16-8-4-2-5-9-16)32-22-18-12-26-29(20(18)24-14-25-22)17-10-6-3-7-11-17/h2-15H,1H3,(H,27,28,30). The zero-order valence-electron chi connectivity index (χ0n) is 17.0. The number of thioether (sulfide) groups is 1. The Morgan fingerprint density at radius 3 is 2.59 bits per heavy atom. The molecule has 3 heterocycles. The van der Waals surface area contributed by atoms with Crippen LogP contribution in [0.1, 0.15) is 6.92 Å². The monoisotopic (exact) mass is 458 g/mol. The topological polar surface area (TPSA) is 85.6 Å². The van der Waals surface area contributed by atoms with Crippen molar-refractivity contribution in [2.75, 3.05) is 5.32 Å². The second-order valence-corrected chi connectivity index (χ2v) is 9.15. The maximum absolute atomic E-state index is 12.8. The minimum Gasteiger partial charge on any atom is -0.301 e. The molecule has 7 nitrogen and oxygen atoms in total. The number of nitrogens with zero attached hydrogens (tertiary/aromatic N) is 5. The van der Waals surface area contributed by atoms with Gasteiger partial charge in [0.05, 0.1) is 28.2 Å². The SMILES string of the molecule is CC(Sc1ncnc2c1cnn2-c1ccccc1)C(=O)Nc1nc(-c2ccccc2)cs1. The van der Waals surface area contributed by atoms with Crippen LogP contribution >= 0.6 is 23.1 Å². The summed E-state index contributed by atoms with van der Waals surface area (Å²) in [6.07, 6.45) is 3.24. The van der Waals surface area contributed by atoms with Crippen molar-refractivity contribution in [3.8, 4) is 16.9 Å². The third-order valence-electron chi connectivity index (χ3n) is 4.79. The Morgan fingerprint density at radius 2 is 1.81 bits per heavy atom. The van der Waals surface area contributed by atoms with Gasteiger partial charge in [-0.25, -0.2) is 19.6 Å². The van der Waals surface area contributed by atoms with Crippen LogP contribution in [0, 0.1) is 0 Å². The molecule has 1 unspecified atom stereocenters. The fraction of sp³-hybridized carbons (Fsp3) is 0.0870. The average Bonchev–Trinajstić information content (AvgIpc) is 3.48. The molecule has 2 aromatic carbocycles. The van der Waals surface area contributed by atoms with Crippen LogP contribution in [0.2, 0.25) is 0 Å². The molecule has 0 fully saturated rings. The first-order valence-corrected chi connectivity index (χ1v) is 11.7. The van der Waals surface area contributed by atoms with Gasteiger partial charge in [-0.2, -0.15) is 5.10 Å².